The van der Waals surface area contributed by atoms with Gasteiger partial charge in [-0.3, -0.25) is 0 Å². The molecule has 2 rings (SSSR count). The average Bonchev–Trinajstić information content (AvgIpc) is 2.57. The Morgan fingerprint density at radius 1 is 1.26 bits per heavy atom. The van der Waals surface area contributed by atoms with Gasteiger partial charge in [-0.15, -0.1) is 0 Å². The summed E-state index contributed by atoms with van der Waals surface area (Å²) in [5.41, 5.74) is 0.0626. The third-order valence-electron chi connectivity index (χ3n) is 5.27. The van der Waals surface area contributed by atoms with Crippen LogP contribution in [-0.4, -0.2) is 46.0 Å². The van der Waals surface area contributed by atoms with E-state index in [0.717, 1.165) is 18.3 Å². The van der Waals surface area contributed by atoms with Crippen LogP contribution in [0.1, 0.15) is 67.7 Å². The molecule has 1 saturated heterocycles. The average molecular weight is 323 g/mol. The van der Waals surface area contributed by atoms with Crippen molar-refractivity contribution in [3.05, 3.63) is 11.5 Å². The van der Waals surface area contributed by atoms with E-state index in [0.29, 0.717) is 6.42 Å². The fourth-order valence-corrected chi connectivity index (χ4v) is 3.27. The monoisotopic (exact) mass is 323 g/mol. The quantitative estimate of drug-likeness (QED) is 0.784. The van der Waals surface area contributed by atoms with Gasteiger partial charge in [-0.25, -0.2) is 4.79 Å². The van der Waals surface area contributed by atoms with Crippen LogP contribution in [0.15, 0.2) is 11.5 Å². The number of hydrogen-bond donors (Lipinski definition) is 1. The molecule has 6 heteroatoms. The van der Waals surface area contributed by atoms with Gasteiger partial charge in [0.25, 0.3) is 0 Å². The van der Waals surface area contributed by atoms with E-state index in [-0.39, 0.29) is 24.4 Å². The molecule has 0 saturated carbocycles. The van der Waals surface area contributed by atoms with Crippen LogP contribution in [0.5, 0.6) is 0 Å². The first kappa shape index (κ1) is 18.3. The molecular weight excluding hydrogens is 293 g/mol. The molecule has 1 heterocycles. The van der Waals surface area contributed by atoms with Crippen molar-refractivity contribution >= 4 is 13.2 Å². The summed E-state index contributed by atoms with van der Waals surface area (Å²) in [5, 5.41) is 9.53. The highest BCUT2D eigenvalue weighted by Crippen LogP contribution is 2.40. The molecule has 0 bridgehead atoms. The van der Waals surface area contributed by atoms with Crippen LogP contribution < -0.4 is 0 Å². The molecule has 0 aromatic rings. The molecule has 5 nitrogen and oxygen atoms in total. The van der Waals surface area contributed by atoms with Gasteiger partial charge in [-0.2, -0.15) is 0 Å². The van der Waals surface area contributed by atoms with Crippen LogP contribution >= 0.6 is 0 Å². The van der Waals surface area contributed by atoms with E-state index in [1.54, 1.807) is 4.90 Å². The standard InChI is InChI=1S/C17H30BNO4/c1-15(2,3)19(14(20)21)13-10-8-12(9-11-13)18-22-16(4,5)17(6,7)23-18/h8,13H,9-11H2,1-7H3,(H,20,21). The summed E-state index contributed by atoms with van der Waals surface area (Å²) in [7, 11) is -0.311. The van der Waals surface area contributed by atoms with E-state index in [1.165, 1.54) is 0 Å². The Hall–Kier alpha value is -1.01. The first-order valence-electron chi connectivity index (χ1n) is 8.42. The Morgan fingerprint density at radius 2 is 1.78 bits per heavy atom. The first-order chi connectivity index (χ1) is 10.3. The van der Waals surface area contributed by atoms with Crippen molar-refractivity contribution in [2.45, 2.75) is 90.5 Å². The van der Waals surface area contributed by atoms with Crippen molar-refractivity contribution in [1.29, 1.82) is 0 Å². The zero-order valence-electron chi connectivity index (χ0n) is 15.5. The number of carboxylic acid groups (broad SMARTS) is 1. The van der Waals surface area contributed by atoms with E-state index in [2.05, 4.69) is 6.08 Å². The van der Waals surface area contributed by atoms with Crippen molar-refractivity contribution in [1.82, 2.24) is 4.90 Å². The SMILES string of the molecule is CC(C)(C)N(C(=O)O)C1CC=C(B2OC(C)(C)C(C)(C)O2)CC1. The summed E-state index contributed by atoms with van der Waals surface area (Å²) in [6, 6.07) is 0.0127. The molecule has 1 aliphatic carbocycles. The molecule has 1 atom stereocenters. The Balaban J connectivity index is 2.09. The van der Waals surface area contributed by atoms with Gasteiger partial charge in [-0.05, 0) is 73.2 Å². The molecule has 0 radical (unpaired) electrons. The van der Waals surface area contributed by atoms with Gasteiger partial charge in [0.2, 0.25) is 0 Å². The predicted molar refractivity (Wildman–Crippen MR) is 91.4 cm³/mol. The van der Waals surface area contributed by atoms with Crippen LogP contribution in [-0.2, 0) is 9.31 Å². The second-order valence-electron chi connectivity index (χ2n) is 8.62. The minimum Gasteiger partial charge on any atom is -0.465 e. The highest BCUT2D eigenvalue weighted by molar-refractivity contribution is 6.54. The van der Waals surface area contributed by atoms with Crippen molar-refractivity contribution in [3.63, 3.8) is 0 Å². The second-order valence-corrected chi connectivity index (χ2v) is 8.62. The molecule has 2 aliphatic rings. The molecule has 0 aromatic heterocycles. The molecule has 23 heavy (non-hydrogen) atoms. The Morgan fingerprint density at radius 3 is 2.13 bits per heavy atom. The maximum atomic E-state index is 11.6. The lowest BCUT2D eigenvalue weighted by Crippen LogP contribution is -2.51. The minimum atomic E-state index is -0.852. The lowest BCUT2D eigenvalue weighted by molar-refractivity contribution is 0.00578. The summed E-state index contributed by atoms with van der Waals surface area (Å²) in [6.07, 6.45) is 3.58. The van der Waals surface area contributed by atoms with Crippen molar-refractivity contribution in [2.24, 2.45) is 0 Å². The third-order valence-corrected chi connectivity index (χ3v) is 5.27. The molecule has 130 valence electrons. The Bertz CT molecular complexity index is 491. The van der Waals surface area contributed by atoms with Gasteiger partial charge in [0.05, 0.1) is 11.2 Å². The van der Waals surface area contributed by atoms with E-state index in [1.807, 2.05) is 48.5 Å². The Kier molecular flexibility index (Phi) is 4.64. The maximum Gasteiger partial charge on any atom is 0.490 e. The Labute approximate surface area is 140 Å². The number of nitrogens with zero attached hydrogens (tertiary/aromatic N) is 1. The van der Waals surface area contributed by atoms with Gasteiger partial charge in [-0.1, -0.05) is 6.08 Å². The summed E-state index contributed by atoms with van der Waals surface area (Å²) < 4.78 is 12.2. The van der Waals surface area contributed by atoms with E-state index in [9.17, 15) is 9.90 Å². The number of rotatable bonds is 2. The summed E-state index contributed by atoms with van der Waals surface area (Å²) in [6.45, 7) is 14.0. The fourth-order valence-electron chi connectivity index (χ4n) is 3.27. The second kappa shape index (κ2) is 5.81. The van der Waals surface area contributed by atoms with Gasteiger partial charge >= 0.3 is 13.2 Å². The minimum absolute atomic E-state index is 0.0127. The van der Waals surface area contributed by atoms with Gasteiger partial charge in [0.1, 0.15) is 0 Å². The predicted octanol–water partition coefficient (Wildman–Crippen LogP) is 3.88. The summed E-state index contributed by atoms with van der Waals surface area (Å²) >= 11 is 0. The summed E-state index contributed by atoms with van der Waals surface area (Å²) in [5.74, 6) is 0. The van der Waals surface area contributed by atoms with E-state index in [4.69, 9.17) is 9.31 Å². The lowest BCUT2D eigenvalue weighted by atomic mass is 9.71. The van der Waals surface area contributed by atoms with Crippen LogP contribution in [0.3, 0.4) is 0 Å². The van der Waals surface area contributed by atoms with Crippen LogP contribution in [0.2, 0.25) is 0 Å². The van der Waals surface area contributed by atoms with E-state index < -0.39 is 11.6 Å². The molecule has 1 N–H and O–H groups in total. The van der Waals surface area contributed by atoms with Crippen LogP contribution in [0.25, 0.3) is 0 Å². The zero-order valence-corrected chi connectivity index (χ0v) is 15.5. The van der Waals surface area contributed by atoms with E-state index >= 15 is 0 Å². The summed E-state index contributed by atoms with van der Waals surface area (Å²) in [4.78, 5) is 13.2. The molecule has 1 unspecified atom stereocenters. The van der Waals surface area contributed by atoms with Crippen molar-refractivity contribution in [3.8, 4) is 0 Å². The molecule has 0 spiro atoms. The molecule has 0 aromatic carbocycles. The lowest BCUT2D eigenvalue weighted by Gasteiger charge is -2.41. The zero-order chi connectivity index (χ0) is 17.6. The molecule has 1 aliphatic heterocycles. The van der Waals surface area contributed by atoms with Gasteiger partial charge in [0.15, 0.2) is 0 Å². The number of allylic oxidation sites excluding steroid dienone is 1. The molecular formula is C17H30BNO4. The highest BCUT2D eigenvalue weighted by atomic mass is 16.7. The molecule has 1 fully saturated rings. The normalized spacial score (nSPS) is 26.8. The topological polar surface area (TPSA) is 59.0 Å². The van der Waals surface area contributed by atoms with Crippen LogP contribution in [0, 0.1) is 0 Å². The van der Waals surface area contributed by atoms with Gasteiger partial charge in [0, 0.05) is 11.6 Å². The van der Waals surface area contributed by atoms with Crippen molar-refractivity contribution in [2.75, 3.05) is 0 Å². The number of amides is 1. The van der Waals surface area contributed by atoms with Crippen molar-refractivity contribution < 1.29 is 19.2 Å². The molecule has 1 amide bonds. The third kappa shape index (κ3) is 3.58. The smallest absolute Gasteiger partial charge is 0.465 e. The van der Waals surface area contributed by atoms with Gasteiger partial charge < -0.3 is 19.3 Å². The first-order valence-corrected chi connectivity index (χ1v) is 8.42. The van der Waals surface area contributed by atoms with Crippen LogP contribution in [0.4, 0.5) is 4.79 Å². The fraction of sp³-hybridized carbons (Fsp3) is 0.824. The number of hydrogen-bond acceptors (Lipinski definition) is 3. The highest BCUT2D eigenvalue weighted by Gasteiger charge is 2.52. The maximum absolute atomic E-state index is 11.6. The largest absolute Gasteiger partial charge is 0.490 e. The number of carbonyl (C=O) groups is 1.